The van der Waals surface area contributed by atoms with Gasteiger partial charge in [0.1, 0.15) is 5.82 Å². The van der Waals surface area contributed by atoms with E-state index < -0.39 is 0 Å². The molecule has 8 nitrogen and oxygen atoms in total. The highest BCUT2D eigenvalue weighted by molar-refractivity contribution is 5.94. The number of carbonyl (C=O) groups is 1. The van der Waals surface area contributed by atoms with Crippen molar-refractivity contribution in [3.8, 4) is 11.3 Å². The average Bonchev–Trinajstić information content (AvgIpc) is 3.32. The summed E-state index contributed by atoms with van der Waals surface area (Å²) in [5.41, 5.74) is 2.49. The number of hydrogen-bond acceptors (Lipinski definition) is 4. The Balaban J connectivity index is 1.37. The van der Waals surface area contributed by atoms with Crippen LogP contribution in [0, 0.1) is 5.92 Å². The molecule has 2 N–H and O–H groups in total. The summed E-state index contributed by atoms with van der Waals surface area (Å²) >= 11 is 0. The fourth-order valence-corrected chi connectivity index (χ4v) is 3.79. The van der Waals surface area contributed by atoms with Gasteiger partial charge in [-0.25, -0.2) is 9.48 Å². The molecule has 1 aromatic carbocycles. The van der Waals surface area contributed by atoms with Gasteiger partial charge in [-0.2, -0.15) is 10.2 Å². The highest BCUT2D eigenvalue weighted by Crippen LogP contribution is 2.17. The fourth-order valence-electron chi connectivity index (χ4n) is 3.79. The van der Waals surface area contributed by atoms with E-state index in [9.17, 15) is 9.59 Å². The van der Waals surface area contributed by atoms with Gasteiger partial charge in [0.2, 0.25) is 0 Å². The lowest BCUT2D eigenvalue weighted by Gasteiger charge is -2.16. The molecular formula is C22H28N6O2. The van der Waals surface area contributed by atoms with Gasteiger partial charge in [0, 0.05) is 37.3 Å². The second-order valence-electron chi connectivity index (χ2n) is 8.30. The summed E-state index contributed by atoms with van der Waals surface area (Å²) in [5.74, 6) is 1.26. The number of benzene rings is 1. The van der Waals surface area contributed by atoms with Crippen LogP contribution in [0.5, 0.6) is 0 Å². The molecule has 3 heterocycles. The molecule has 0 spiro atoms. The lowest BCUT2D eigenvalue weighted by atomic mass is 10.1. The first-order valence-corrected chi connectivity index (χ1v) is 10.6. The number of aromatic nitrogens is 5. The van der Waals surface area contributed by atoms with Crippen LogP contribution < -0.4 is 11.0 Å². The molecule has 8 heteroatoms. The van der Waals surface area contributed by atoms with E-state index in [0.717, 1.165) is 36.3 Å². The number of hydrogen-bond donors (Lipinski definition) is 2. The highest BCUT2D eigenvalue weighted by Gasteiger charge is 2.22. The van der Waals surface area contributed by atoms with Crippen LogP contribution in [-0.4, -0.2) is 36.5 Å². The Bertz CT molecular complexity index is 1050. The summed E-state index contributed by atoms with van der Waals surface area (Å²) in [6.45, 7) is 5.53. The molecule has 3 aromatic rings. The molecule has 0 aliphatic carbocycles. The van der Waals surface area contributed by atoms with E-state index in [0.29, 0.717) is 31.0 Å². The molecule has 1 aliphatic heterocycles. The Kier molecular flexibility index (Phi) is 5.83. The van der Waals surface area contributed by atoms with Crippen molar-refractivity contribution in [2.45, 2.75) is 58.7 Å². The molecule has 30 heavy (non-hydrogen) atoms. The third-order valence-electron chi connectivity index (χ3n) is 5.63. The van der Waals surface area contributed by atoms with Crippen molar-refractivity contribution >= 4 is 5.91 Å². The molecule has 0 bridgehead atoms. The maximum absolute atomic E-state index is 12.7. The van der Waals surface area contributed by atoms with E-state index in [1.165, 1.54) is 0 Å². The van der Waals surface area contributed by atoms with Gasteiger partial charge in [-0.05, 0) is 48.9 Å². The summed E-state index contributed by atoms with van der Waals surface area (Å²) < 4.78 is 3.36. The van der Waals surface area contributed by atoms with Crippen molar-refractivity contribution in [3.05, 3.63) is 58.4 Å². The first-order valence-electron chi connectivity index (χ1n) is 10.6. The lowest BCUT2D eigenvalue weighted by molar-refractivity contribution is 0.0933. The zero-order chi connectivity index (χ0) is 21.1. The fraction of sp³-hybridized carbons (Fsp3) is 0.455. The number of nitrogens with zero attached hydrogens (tertiary/aromatic N) is 4. The molecule has 1 unspecified atom stereocenters. The van der Waals surface area contributed by atoms with E-state index in [2.05, 4.69) is 34.5 Å². The predicted octanol–water partition coefficient (Wildman–Crippen LogP) is 2.62. The van der Waals surface area contributed by atoms with Crippen molar-refractivity contribution < 1.29 is 4.79 Å². The second kappa shape index (κ2) is 8.69. The van der Waals surface area contributed by atoms with Crippen molar-refractivity contribution in [1.29, 1.82) is 0 Å². The first-order chi connectivity index (χ1) is 14.5. The number of aromatic amines is 1. The summed E-state index contributed by atoms with van der Waals surface area (Å²) in [7, 11) is 0. The number of rotatable bonds is 6. The third kappa shape index (κ3) is 4.37. The Morgan fingerprint density at radius 3 is 2.73 bits per heavy atom. The first kappa shape index (κ1) is 20.1. The van der Waals surface area contributed by atoms with Gasteiger partial charge in [-0.1, -0.05) is 26.0 Å². The monoisotopic (exact) mass is 408 g/mol. The topological polar surface area (TPSA) is 97.6 Å². The molecule has 0 saturated heterocycles. The number of fused-ring (bicyclic) bond motifs is 1. The number of carbonyl (C=O) groups excluding carboxylic acids is 1. The summed E-state index contributed by atoms with van der Waals surface area (Å²) in [6.07, 6.45) is 4.83. The number of amides is 1. The van der Waals surface area contributed by atoms with Gasteiger partial charge >= 0.3 is 5.69 Å². The number of nitrogens with one attached hydrogen (secondary N) is 2. The number of H-pyrrole nitrogens is 1. The maximum Gasteiger partial charge on any atom is 0.345 e. The van der Waals surface area contributed by atoms with Crippen LogP contribution in [0.3, 0.4) is 0 Å². The van der Waals surface area contributed by atoms with Gasteiger partial charge < -0.3 is 5.32 Å². The maximum atomic E-state index is 12.7. The van der Waals surface area contributed by atoms with Gasteiger partial charge in [0.05, 0.1) is 5.69 Å². The zero-order valence-electron chi connectivity index (χ0n) is 17.5. The molecular weight excluding hydrogens is 380 g/mol. The van der Waals surface area contributed by atoms with Gasteiger partial charge in [0.25, 0.3) is 5.91 Å². The third-order valence-corrected chi connectivity index (χ3v) is 5.63. The van der Waals surface area contributed by atoms with Crippen molar-refractivity contribution in [1.82, 2.24) is 29.9 Å². The molecule has 4 rings (SSSR count). The minimum atomic E-state index is -0.0926. The van der Waals surface area contributed by atoms with E-state index in [1.807, 2.05) is 30.3 Å². The molecule has 0 saturated carbocycles. The van der Waals surface area contributed by atoms with Gasteiger partial charge in [0.15, 0.2) is 0 Å². The summed E-state index contributed by atoms with van der Waals surface area (Å²) in [4.78, 5) is 25.3. The standard InChI is InChI=1S/C22H28N6O2/c1-15(2)10-14-28-22(30)27-13-11-18(7-8-20(27)26-28)24-21(29)17-5-3-16(4-6-17)19-9-12-23-25-19/h3-6,9,12,15,18H,7-8,10-11,13-14H2,1-2H3,(H,23,25)(H,24,29). The van der Waals surface area contributed by atoms with Crippen LogP contribution in [0.1, 0.15) is 49.3 Å². The van der Waals surface area contributed by atoms with E-state index in [-0.39, 0.29) is 17.6 Å². The molecule has 1 amide bonds. The van der Waals surface area contributed by atoms with E-state index in [1.54, 1.807) is 15.4 Å². The molecule has 158 valence electrons. The van der Waals surface area contributed by atoms with Gasteiger partial charge in [-0.3, -0.25) is 14.5 Å². The molecule has 2 aromatic heterocycles. The van der Waals surface area contributed by atoms with Crippen LogP contribution >= 0.6 is 0 Å². The van der Waals surface area contributed by atoms with Crippen LogP contribution in [0.15, 0.2) is 41.3 Å². The predicted molar refractivity (Wildman–Crippen MR) is 114 cm³/mol. The van der Waals surface area contributed by atoms with Crippen molar-refractivity contribution in [3.63, 3.8) is 0 Å². The Hall–Kier alpha value is -3.16. The Morgan fingerprint density at radius 1 is 1.23 bits per heavy atom. The van der Waals surface area contributed by atoms with Crippen LogP contribution in [0.4, 0.5) is 0 Å². The Labute approximate surface area is 175 Å². The van der Waals surface area contributed by atoms with E-state index >= 15 is 0 Å². The van der Waals surface area contributed by atoms with Gasteiger partial charge in [-0.15, -0.1) is 0 Å². The minimum Gasteiger partial charge on any atom is -0.349 e. The summed E-state index contributed by atoms with van der Waals surface area (Å²) in [5, 5.41) is 14.5. The van der Waals surface area contributed by atoms with Crippen molar-refractivity contribution in [2.75, 3.05) is 0 Å². The molecule has 1 atom stereocenters. The zero-order valence-corrected chi connectivity index (χ0v) is 17.5. The lowest BCUT2D eigenvalue weighted by Crippen LogP contribution is -2.35. The second-order valence-corrected chi connectivity index (χ2v) is 8.30. The van der Waals surface area contributed by atoms with Crippen molar-refractivity contribution in [2.24, 2.45) is 5.92 Å². The number of aryl methyl sites for hydroxylation is 2. The normalized spacial score (nSPS) is 16.3. The van der Waals surface area contributed by atoms with E-state index in [4.69, 9.17) is 0 Å². The SMILES string of the molecule is CC(C)CCn1nc2n(c1=O)CCC(NC(=O)c1ccc(-c3ccn[nH]3)cc1)CC2. The Morgan fingerprint density at radius 2 is 2.03 bits per heavy atom. The molecule has 0 radical (unpaired) electrons. The largest absolute Gasteiger partial charge is 0.349 e. The minimum absolute atomic E-state index is 0.0231. The summed E-state index contributed by atoms with van der Waals surface area (Å²) in [6, 6.07) is 9.37. The molecule has 0 fully saturated rings. The smallest absolute Gasteiger partial charge is 0.345 e. The highest BCUT2D eigenvalue weighted by atomic mass is 16.2. The van der Waals surface area contributed by atoms with Crippen LogP contribution in [-0.2, 0) is 19.5 Å². The van der Waals surface area contributed by atoms with Crippen LogP contribution in [0.2, 0.25) is 0 Å². The van der Waals surface area contributed by atoms with Crippen LogP contribution in [0.25, 0.3) is 11.3 Å². The quantitative estimate of drug-likeness (QED) is 0.655. The average molecular weight is 409 g/mol. The molecule has 1 aliphatic rings.